The minimum Gasteiger partial charge on any atom is -0.356 e. The molecule has 1 aromatic carbocycles. The number of hydrogen-bond donors (Lipinski definition) is 1. The van der Waals surface area contributed by atoms with E-state index in [9.17, 15) is 0 Å². The molecule has 104 valence electrons. The maximum atomic E-state index is 5.88. The number of benzene rings is 1. The van der Waals surface area contributed by atoms with E-state index in [0.29, 0.717) is 0 Å². The average molecular weight is 289 g/mol. The van der Waals surface area contributed by atoms with Crippen LogP contribution in [0.3, 0.4) is 0 Å². The predicted octanol–water partition coefficient (Wildman–Crippen LogP) is 3.86. The fraction of sp³-hybridized carbons (Fsp3) is 0.333. The number of piperidine rings is 1. The van der Waals surface area contributed by atoms with Gasteiger partial charge in [0.1, 0.15) is 18.0 Å². The van der Waals surface area contributed by atoms with Crippen molar-refractivity contribution in [2.45, 2.75) is 19.3 Å². The molecular formula is C15H17ClN4. The van der Waals surface area contributed by atoms with Gasteiger partial charge >= 0.3 is 0 Å². The molecule has 3 rings (SSSR count). The van der Waals surface area contributed by atoms with Gasteiger partial charge in [0.15, 0.2) is 0 Å². The minimum absolute atomic E-state index is 0.729. The van der Waals surface area contributed by atoms with E-state index in [2.05, 4.69) is 20.2 Å². The van der Waals surface area contributed by atoms with E-state index >= 15 is 0 Å². The number of nitrogens with one attached hydrogen (secondary N) is 1. The van der Waals surface area contributed by atoms with E-state index in [0.717, 1.165) is 35.4 Å². The lowest BCUT2D eigenvalue weighted by molar-refractivity contribution is 0.573. The van der Waals surface area contributed by atoms with Crippen molar-refractivity contribution in [3.05, 3.63) is 41.7 Å². The van der Waals surface area contributed by atoms with Gasteiger partial charge in [-0.25, -0.2) is 9.97 Å². The van der Waals surface area contributed by atoms with Crippen LogP contribution in [0.2, 0.25) is 5.02 Å². The third-order valence-corrected chi connectivity index (χ3v) is 3.70. The maximum Gasteiger partial charge on any atom is 0.135 e. The van der Waals surface area contributed by atoms with Crippen molar-refractivity contribution in [3.63, 3.8) is 0 Å². The van der Waals surface area contributed by atoms with Crippen molar-refractivity contribution >= 4 is 28.9 Å². The first-order valence-corrected chi connectivity index (χ1v) is 7.29. The van der Waals surface area contributed by atoms with Gasteiger partial charge in [0, 0.05) is 29.9 Å². The van der Waals surface area contributed by atoms with Gasteiger partial charge in [-0.1, -0.05) is 11.6 Å². The Labute approximate surface area is 123 Å². The fourth-order valence-corrected chi connectivity index (χ4v) is 2.52. The molecule has 1 aliphatic rings. The highest BCUT2D eigenvalue weighted by molar-refractivity contribution is 6.30. The van der Waals surface area contributed by atoms with Crippen LogP contribution in [0.25, 0.3) is 0 Å². The highest BCUT2D eigenvalue weighted by Gasteiger charge is 2.12. The molecule has 0 aliphatic carbocycles. The maximum absolute atomic E-state index is 5.88. The fourth-order valence-electron chi connectivity index (χ4n) is 2.39. The van der Waals surface area contributed by atoms with Crippen molar-refractivity contribution in [1.29, 1.82) is 0 Å². The Bertz CT molecular complexity index is 564. The molecule has 0 bridgehead atoms. The van der Waals surface area contributed by atoms with E-state index < -0.39 is 0 Å². The lowest BCUT2D eigenvalue weighted by Gasteiger charge is -2.27. The Hall–Kier alpha value is -1.81. The number of anilines is 3. The quantitative estimate of drug-likeness (QED) is 0.931. The predicted molar refractivity (Wildman–Crippen MR) is 82.8 cm³/mol. The van der Waals surface area contributed by atoms with Crippen LogP contribution in [-0.2, 0) is 0 Å². The van der Waals surface area contributed by atoms with Crippen LogP contribution in [0.4, 0.5) is 17.3 Å². The number of hydrogen-bond acceptors (Lipinski definition) is 4. The summed E-state index contributed by atoms with van der Waals surface area (Å²) in [6.07, 6.45) is 5.41. The zero-order valence-corrected chi connectivity index (χ0v) is 12.0. The van der Waals surface area contributed by atoms with Crippen LogP contribution in [0, 0.1) is 0 Å². The first-order chi connectivity index (χ1) is 9.81. The molecule has 2 heterocycles. The normalized spacial score (nSPS) is 15.2. The van der Waals surface area contributed by atoms with Crippen molar-refractivity contribution in [3.8, 4) is 0 Å². The molecule has 0 saturated carbocycles. The lowest BCUT2D eigenvalue weighted by atomic mass is 10.1. The highest BCUT2D eigenvalue weighted by Crippen LogP contribution is 2.22. The van der Waals surface area contributed by atoms with Gasteiger partial charge in [0.25, 0.3) is 0 Å². The van der Waals surface area contributed by atoms with Crippen molar-refractivity contribution in [2.24, 2.45) is 0 Å². The molecule has 0 spiro atoms. The van der Waals surface area contributed by atoms with E-state index in [4.69, 9.17) is 11.6 Å². The molecule has 0 unspecified atom stereocenters. The molecule has 1 fully saturated rings. The van der Waals surface area contributed by atoms with Crippen LogP contribution >= 0.6 is 11.6 Å². The van der Waals surface area contributed by atoms with Gasteiger partial charge in [0.05, 0.1) is 0 Å². The molecule has 1 aliphatic heterocycles. The largest absolute Gasteiger partial charge is 0.356 e. The highest BCUT2D eigenvalue weighted by atomic mass is 35.5. The summed E-state index contributed by atoms with van der Waals surface area (Å²) in [5.74, 6) is 1.80. The second-order valence-electron chi connectivity index (χ2n) is 4.94. The lowest BCUT2D eigenvalue weighted by Crippen LogP contribution is -2.30. The molecule has 1 aromatic heterocycles. The van der Waals surface area contributed by atoms with E-state index in [1.807, 2.05) is 30.3 Å². The van der Waals surface area contributed by atoms with E-state index in [1.165, 1.54) is 19.3 Å². The van der Waals surface area contributed by atoms with Crippen LogP contribution in [-0.4, -0.2) is 23.1 Å². The van der Waals surface area contributed by atoms with Crippen LogP contribution in [0.15, 0.2) is 36.7 Å². The van der Waals surface area contributed by atoms with Crippen molar-refractivity contribution < 1.29 is 0 Å². The summed E-state index contributed by atoms with van der Waals surface area (Å²) in [6.45, 7) is 2.16. The second kappa shape index (κ2) is 6.09. The number of halogens is 1. The van der Waals surface area contributed by atoms with Gasteiger partial charge in [-0.15, -0.1) is 0 Å². The Morgan fingerprint density at radius 2 is 1.75 bits per heavy atom. The number of nitrogens with zero attached hydrogens (tertiary/aromatic N) is 3. The summed E-state index contributed by atoms with van der Waals surface area (Å²) in [6, 6.07) is 9.59. The summed E-state index contributed by atoms with van der Waals surface area (Å²) >= 11 is 5.88. The number of aromatic nitrogens is 2. The average Bonchev–Trinajstić information content (AvgIpc) is 2.51. The molecule has 5 heteroatoms. The Morgan fingerprint density at radius 1 is 1.00 bits per heavy atom. The summed E-state index contributed by atoms with van der Waals surface area (Å²) in [5.41, 5.74) is 0.970. The van der Waals surface area contributed by atoms with Gasteiger partial charge in [-0.3, -0.25) is 0 Å². The zero-order chi connectivity index (χ0) is 13.8. The summed E-state index contributed by atoms with van der Waals surface area (Å²) in [4.78, 5) is 11.0. The monoisotopic (exact) mass is 288 g/mol. The molecule has 1 N–H and O–H groups in total. The molecule has 1 saturated heterocycles. The summed E-state index contributed by atoms with van der Waals surface area (Å²) < 4.78 is 0. The Kier molecular flexibility index (Phi) is 4.02. The smallest absolute Gasteiger partial charge is 0.135 e. The zero-order valence-electron chi connectivity index (χ0n) is 11.2. The van der Waals surface area contributed by atoms with Gasteiger partial charge in [-0.2, -0.15) is 0 Å². The SMILES string of the molecule is Clc1ccc(Nc2cc(N3CCCCC3)ncn2)cc1. The minimum atomic E-state index is 0.729. The van der Waals surface area contributed by atoms with Gasteiger partial charge in [-0.05, 0) is 43.5 Å². The van der Waals surface area contributed by atoms with Gasteiger partial charge in [0.2, 0.25) is 0 Å². The first-order valence-electron chi connectivity index (χ1n) is 6.91. The topological polar surface area (TPSA) is 41.0 Å². The Morgan fingerprint density at radius 3 is 2.50 bits per heavy atom. The number of rotatable bonds is 3. The van der Waals surface area contributed by atoms with Crippen LogP contribution in [0.5, 0.6) is 0 Å². The third-order valence-electron chi connectivity index (χ3n) is 3.45. The first kappa shape index (κ1) is 13.2. The molecule has 0 atom stereocenters. The standard InChI is InChI=1S/C15H17ClN4/c16-12-4-6-13(7-5-12)19-14-10-15(18-11-17-14)20-8-2-1-3-9-20/h4-7,10-11H,1-3,8-9H2,(H,17,18,19). The third kappa shape index (κ3) is 3.20. The van der Waals surface area contributed by atoms with E-state index in [1.54, 1.807) is 6.33 Å². The molecule has 20 heavy (non-hydrogen) atoms. The Balaban J connectivity index is 1.75. The van der Waals surface area contributed by atoms with E-state index in [-0.39, 0.29) is 0 Å². The van der Waals surface area contributed by atoms with Crippen LogP contribution in [0.1, 0.15) is 19.3 Å². The molecular weight excluding hydrogens is 272 g/mol. The summed E-state index contributed by atoms with van der Waals surface area (Å²) in [5, 5.41) is 4.00. The molecule has 2 aromatic rings. The molecule has 0 radical (unpaired) electrons. The molecule has 4 nitrogen and oxygen atoms in total. The van der Waals surface area contributed by atoms with Gasteiger partial charge < -0.3 is 10.2 Å². The summed E-state index contributed by atoms with van der Waals surface area (Å²) in [7, 11) is 0. The van der Waals surface area contributed by atoms with Crippen LogP contribution < -0.4 is 10.2 Å². The van der Waals surface area contributed by atoms with Crippen molar-refractivity contribution in [1.82, 2.24) is 9.97 Å². The van der Waals surface area contributed by atoms with Crippen molar-refractivity contribution in [2.75, 3.05) is 23.3 Å². The molecule has 0 amide bonds. The second-order valence-corrected chi connectivity index (χ2v) is 5.38.